The van der Waals surface area contributed by atoms with Crippen molar-refractivity contribution < 1.29 is 0 Å². The maximum absolute atomic E-state index is 4.78. The lowest BCUT2D eigenvalue weighted by Gasteiger charge is -2.26. The molecule has 0 saturated carbocycles. The first-order valence-electron chi connectivity index (χ1n) is 6.64. The number of fused-ring (bicyclic) bond motifs is 1. The van der Waals surface area contributed by atoms with E-state index in [0.717, 1.165) is 5.65 Å². The normalized spacial score (nSPS) is 12.2. The van der Waals surface area contributed by atoms with Crippen molar-refractivity contribution in [2.75, 3.05) is 0 Å². The molecule has 0 bridgehead atoms. The minimum absolute atomic E-state index is 0.232. The molecule has 0 N–H and O–H groups in total. The van der Waals surface area contributed by atoms with E-state index in [1.165, 1.54) is 31.4 Å². The van der Waals surface area contributed by atoms with E-state index in [9.17, 15) is 0 Å². The van der Waals surface area contributed by atoms with E-state index in [-0.39, 0.29) is 5.41 Å². The summed E-state index contributed by atoms with van der Waals surface area (Å²) in [6.45, 7) is 6.86. The lowest BCUT2D eigenvalue weighted by molar-refractivity contribution is 0.383. The smallest absolute Gasteiger partial charge is 0.136 e. The molecule has 2 aromatic heterocycles. The third kappa shape index (κ3) is 2.36. The summed E-state index contributed by atoms with van der Waals surface area (Å²) in [5.41, 5.74) is 2.53. The van der Waals surface area contributed by atoms with Gasteiger partial charge in [0.05, 0.1) is 5.69 Å². The Kier molecular flexibility index (Phi) is 3.51. The zero-order valence-electron chi connectivity index (χ0n) is 11.1. The van der Waals surface area contributed by atoms with Crippen LogP contribution in [0.5, 0.6) is 0 Å². The fourth-order valence-electron chi connectivity index (χ4n) is 2.71. The number of hydrogen-bond donors (Lipinski definition) is 0. The first kappa shape index (κ1) is 12.2. The average Bonchev–Trinajstić information content (AvgIpc) is 2.74. The second-order valence-electron chi connectivity index (χ2n) is 5.15. The number of imidazole rings is 1. The summed E-state index contributed by atoms with van der Waals surface area (Å²) in [5.74, 6) is 0. The summed E-state index contributed by atoms with van der Waals surface area (Å²) < 4.78 is 2.12. The van der Waals surface area contributed by atoms with Crippen LogP contribution in [0.25, 0.3) is 5.65 Å². The van der Waals surface area contributed by atoms with Crippen LogP contribution in [-0.4, -0.2) is 9.38 Å². The Hall–Kier alpha value is -1.31. The number of rotatable bonds is 5. The Morgan fingerprint density at radius 2 is 1.88 bits per heavy atom. The molecule has 0 spiro atoms. The highest BCUT2D eigenvalue weighted by Gasteiger charge is 2.27. The Bertz CT molecular complexity index is 445. The molecule has 0 radical (unpaired) electrons. The third-order valence-corrected chi connectivity index (χ3v) is 3.59. The molecule has 0 aromatic carbocycles. The highest BCUT2D eigenvalue weighted by Crippen LogP contribution is 2.33. The Morgan fingerprint density at radius 3 is 2.47 bits per heavy atom. The monoisotopic (exact) mass is 230 g/mol. The zero-order valence-corrected chi connectivity index (χ0v) is 11.1. The molecule has 0 atom stereocenters. The molecule has 0 saturated heterocycles. The van der Waals surface area contributed by atoms with Crippen LogP contribution >= 0.6 is 0 Å². The van der Waals surface area contributed by atoms with Crippen molar-refractivity contribution in [1.29, 1.82) is 0 Å². The van der Waals surface area contributed by atoms with E-state index >= 15 is 0 Å². The van der Waals surface area contributed by atoms with Crippen molar-refractivity contribution in [3.05, 3.63) is 36.3 Å². The van der Waals surface area contributed by atoms with Gasteiger partial charge in [0.1, 0.15) is 5.65 Å². The van der Waals surface area contributed by atoms with Gasteiger partial charge in [-0.3, -0.25) is 0 Å². The Morgan fingerprint density at radius 1 is 1.18 bits per heavy atom. The summed E-state index contributed by atoms with van der Waals surface area (Å²) in [4.78, 5) is 4.78. The second-order valence-corrected chi connectivity index (χ2v) is 5.15. The van der Waals surface area contributed by atoms with Gasteiger partial charge in [0.2, 0.25) is 0 Å². The van der Waals surface area contributed by atoms with Gasteiger partial charge in [-0.1, -0.05) is 39.7 Å². The van der Waals surface area contributed by atoms with Crippen molar-refractivity contribution in [3.8, 4) is 0 Å². The molecule has 92 valence electrons. The molecule has 2 nitrogen and oxygen atoms in total. The van der Waals surface area contributed by atoms with Crippen LogP contribution in [0.1, 0.15) is 52.1 Å². The summed E-state index contributed by atoms with van der Waals surface area (Å²) in [7, 11) is 0. The minimum atomic E-state index is 0.232. The molecule has 2 aromatic rings. The van der Waals surface area contributed by atoms with Crippen molar-refractivity contribution in [3.63, 3.8) is 0 Å². The van der Waals surface area contributed by atoms with Gasteiger partial charge in [-0.2, -0.15) is 0 Å². The fraction of sp³-hybridized carbons (Fsp3) is 0.533. The van der Waals surface area contributed by atoms with E-state index < -0.39 is 0 Å². The standard InChI is InChI=1S/C15H22N2/c1-4-9-15(3,10-5-2)13-12-17-11-7-6-8-14(17)16-13/h6-8,11-12H,4-5,9-10H2,1-3H3. The Balaban J connectivity index is 2.41. The highest BCUT2D eigenvalue weighted by atomic mass is 15.0. The van der Waals surface area contributed by atoms with Crippen LogP contribution in [0.3, 0.4) is 0 Å². The van der Waals surface area contributed by atoms with E-state index in [4.69, 9.17) is 4.98 Å². The largest absolute Gasteiger partial charge is 0.307 e. The first-order valence-corrected chi connectivity index (χ1v) is 6.64. The van der Waals surface area contributed by atoms with Crippen LogP contribution in [0.2, 0.25) is 0 Å². The molecule has 0 aliphatic rings. The quantitative estimate of drug-likeness (QED) is 0.752. The van der Waals surface area contributed by atoms with Crippen molar-refractivity contribution in [2.24, 2.45) is 0 Å². The lowest BCUT2D eigenvalue weighted by Crippen LogP contribution is -2.21. The van der Waals surface area contributed by atoms with E-state index in [1.807, 2.05) is 6.07 Å². The molecule has 0 aliphatic heterocycles. The maximum atomic E-state index is 4.78. The van der Waals surface area contributed by atoms with Crippen molar-refractivity contribution in [2.45, 2.75) is 51.9 Å². The summed E-state index contributed by atoms with van der Waals surface area (Å²) in [6.07, 6.45) is 9.12. The second kappa shape index (κ2) is 4.91. The van der Waals surface area contributed by atoms with Gasteiger partial charge in [-0.15, -0.1) is 0 Å². The molecular weight excluding hydrogens is 208 g/mol. The predicted octanol–water partition coefficient (Wildman–Crippen LogP) is 4.19. The lowest BCUT2D eigenvalue weighted by atomic mass is 9.79. The molecule has 0 unspecified atom stereocenters. The van der Waals surface area contributed by atoms with Gasteiger partial charge in [-0.05, 0) is 25.0 Å². The summed E-state index contributed by atoms with van der Waals surface area (Å²) >= 11 is 0. The van der Waals surface area contributed by atoms with Crippen LogP contribution in [0.15, 0.2) is 30.6 Å². The van der Waals surface area contributed by atoms with E-state index in [0.29, 0.717) is 0 Å². The van der Waals surface area contributed by atoms with E-state index in [2.05, 4.69) is 49.7 Å². The summed E-state index contributed by atoms with van der Waals surface area (Å²) in [6, 6.07) is 6.17. The Labute approximate surface area is 104 Å². The summed E-state index contributed by atoms with van der Waals surface area (Å²) in [5, 5.41) is 0. The SMILES string of the molecule is CCCC(C)(CCC)c1cn2ccccc2n1. The van der Waals surface area contributed by atoms with Gasteiger partial charge in [-0.25, -0.2) is 4.98 Å². The molecule has 0 aliphatic carbocycles. The molecule has 0 amide bonds. The molecule has 2 heterocycles. The van der Waals surface area contributed by atoms with Gasteiger partial charge in [0.15, 0.2) is 0 Å². The number of nitrogens with zero attached hydrogens (tertiary/aromatic N) is 2. The number of aromatic nitrogens is 2. The van der Waals surface area contributed by atoms with Gasteiger partial charge in [0, 0.05) is 17.8 Å². The van der Waals surface area contributed by atoms with Crippen LogP contribution in [0.4, 0.5) is 0 Å². The van der Waals surface area contributed by atoms with Gasteiger partial charge < -0.3 is 4.40 Å². The minimum Gasteiger partial charge on any atom is -0.307 e. The number of hydrogen-bond acceptors (Lipinski definition) is 1. The number of pyridine rings is 1. The predicted molar refractivity (Wildman–Crippen MR) is 72.4 cm³/mol. The molecule has 2 rings (SSSR count). The topological polar surface area (TPSA) is 17.3 Å². The van der Waals surface area contributed by atoms with Gasteiger partial charge >= 0.3 is 0 Å². The fourth-order valence-corrected chi connectivity index (χ4v) is 2.71. The van der Waals surface area contributed by atoms with Crippen molar-refractivity contribution >= 4 is 5.65 Å². The maximum Gasteiger partial charge on any atom is 0.136 e. The van der Waals surface area contributed by atoms with Crippen LogP contribution < -0.4 is 0 Å². The molecular formula is C15H22N2. The van der Waals surface area contributed by atoms with Crippen LogP contribution in [0, 0.1) is 0 Å². The van der Waals surface area contributed by atoms with Crippen molar-refractivity contribution in [1.82, 2.24) is 9.38 Å². The first-order chi connectivity index (χ1) is 8.19. The van der Waals surface area contributed by atoms with E-state index in [1.54, 1.807) is 0 Å². The molecule has 2 heteroatoms. The average molecular weight is 230 g/mol. The zero-order chi connectivity index (χ0) is 12.3. The van der Waals surface area contributed by atoms with Gasteiger partial charge in [0.25, 0.3) is 0 Å². The highest BCUT2D eigenvalue weighted by molar-refractivity contribution is 5.41. The molecule has 17 heavy (non-hydrogen) atoms. The molecule has 0 fully saturated rings. The van der Waals surface area contributed by atoms with Crippen LogP contribution in [-0.2, 0) is 5.41 Å². The third-order valence-electron chi connectivity index (χ3n) is 3.59.